The first kappa shape index (κ1) is 12.2. The van der Waals surface area contributed by atoms with E-state index in [1.54, 1.807) is 7.11 Å². The second-order valence-corrected chi connectivity index (χ2v) is 4.43. The normalized spacial score (nSPS) is 10.7. The summed E-state index contributed by atoms with van der Waals surface area (Å²) in [5.41, 5.74) is 15.6. The Bertz CT molecular complexity index is 786. The first-order chi connectivity index (χ1) is 9.69. The highest BCUT2D eigenvalue weighted by molar-refractivity contribution is 5.95. The number of nitrogens with zero attached hydrogens (tertiary/aromatic N) is 2. The smallest absolute Gasteiger partial charge is 0.146 e. The number of aromatic nitrogens is 2. The van der Waals surface area contributed by atoms with Crippen LogP contribution in [0.1, 0.15) is 0 Å². The van der Waals surface area contributed by atoms with E-state index in [1.165, 1.54) is 6.20 Å². The lowest BCUT2D eigenvalue weighted by molar-refractivity contribution is 0.419. The molecule has 1 aromatic heterocycles. The SMILES string of the molecule is COc1ccc(-c2cccc(N)c2)c2ncc(N)nc12. The Morgan fingerprint density at radius 3 is 2.65 bits per heavy atom. The van der Waals surface area contributed by atoms with Gasteiger partial charge in [-0.15, -0.1) is 0 Å². The van der Waals surface area contributed by atoms with E-state index in [0.29, 0.717) is 22.8 Å². The number of hydrogen-bond acceptors (Lipinski definition) is 5. The van der Waals surface area contributed by atoms with Gasteiger partial charge in [0.15, 0.2) is 0 Å². The topological polar surface area (TPSA) is 87.0 Å². The van der Waals surface area contributed by atoms with Gasteiger partial charge in [0.05, 0.1) is 13.3 Å². The van der Waals surface area contributed by atoms with Crippen LogP contribution >= 0.6 is 0 Å². The third-order valence-corrected chi connectivity index (χ3v) is 3.10. The number of methoxy groups -OCH3 is 1. The van der Waals surface area contributed by atoms with Crippen molar-refractivity contribution >= 4 is 22.5 Å². The summed E-state index contributed by atoms with van der Waals surface area (Å²) < 4.78 is 5.31. The van der Waals surface area contributed by atoms with Crippen molar-refractivity contribution < 1.29 is 4.74 Å². The van der Waals surface area contributed by atoms with Crippen molar-refractivity contribution in [1.29, 1.82) is 0 Å². The minimum absolute atomic E-state index is 0.362. The predicted octanol–water partition coefficient (Wildman–Crippen LogP) is 2.47. The lowest BCUT2D eigenvalue weighted by atomic mass is 10.0. The van der Waals surface area contributed by atoms with Crippen molar-refractivity contribution in [3.05, 3.63) is 42.6 Å². The Morgan fingerprint density at radius 1 is 1.05 bits per heavy atom. The maximum Gasteiger partial charge on any atom is 0.146 e. The monoisotopic (exact) mass is 266 g/mol. The first-order valence-corrected chi connectivity index (χ1v) is 6.14. The zero-order valence-electron chi connectivity index (χ0n) is 11.0. The molecule has 0 bridgehead atoms. The van der Waals surface area contributed by atoms with E-state index in [9.17, 15) is 0 Å². The number of benzene rings is 2. The third-order valence-electron chi connectivity index (χ3n) is 3.10. The fourth-order valence-electron chi connectivity index (χ4n) is 2.19. The molecule has 0 fully saturated rings. The average molecular weight is 266 g/mol. The number of nitrogens with two attached hydrogens (primary N) is 2. The highest BCUT2D eigenvalue weighted by Crippen LogP contribution is 2.32. The lowest BCUT2D eigenvalue weighted by Gasteiger charge is -2.10. The summed E-state index contributed by atoms with van der Waals surface area (Å²) in [4.78, 5) is 8.70. The molecule has 0 spiro atoms. The fourth-order valence-corrected chi connectivity index (χ4v) is 2.19. The van der Waals surface area contributed by atoms with Gasteiger partial charge in [-0.1, -0.05) is 12.1 Å². The van der Waals surface area contributed by atoms with Crippen LogP contribution in [0, 0.1) is 0 Å². The van der Waals surface area contributed by atoms with Crippen LogP contribution in [-0.2, 0) is 0 Å². The van der Waals surface area contributed by atoms with Crippen LogP contribution in [0.4, 0.5) is 11.5 Å². The van der Waals surface area contributed by atoms with Crippen LogP contribution in [0.15, 0.2) is 42.6 Å². The molecular weight excluding hydrogens is 252 g/mol. The highest BCUT2D eigenvalue weighted by Gasteiger charge is 2.11. The van der Waals surface area contributed by atoms with E-state index < -0.39 is 0 Å². The molecule has 5 heteroatoms. The molecule has 0 aliphatic carbocycles. The molecule has 3 aromatic rings. The summed E-state index contributed by atoms with van der Waals surface area (Å²) in [6.45, 7) is 0. The molecule has 0 unspecified atom stereocenters. The van der Waals surface area contributed by atoms with Crippen LogP contribution in [0.5, 0.6) is 5.75 Å². The summed E-state index contributed by atoms with van der Waals surface area (Å²) in [5.74, 6) is 1.01. The number of anilines is 2. The second kappa shape index (κ2) is 4.70. The van der Waals surface area contributed by atoms with E-state index >= 15 is 0 Å². The summed E-state index contributed by atoms with van der Waals surface area (Å²) in [6, 6.07) is 11.4. The van der Waals surface area contributed by atoms with Gasteiger partial charge in [-0.2, -0.15) is 0 Å². The Labute approximate surface area is 116 Å². The molecule has 0 atom stereocenters. The molecule has 5 nitrogen and oxygen atoms in total. The third kappa shape index (κ3) is 1.99. The van der Waals surface area contributed by atoms with Gasteiger partial charge in [0, 0.05) is 11.3 Å². The summed E-state index contributed by atoms with van der Waals surface area (Å²) in [7, 11) is 1.60. The maximum atomic E-state index is 5.84. The van der Waals surface area contributed by atoms with Crippen molar-refractivity contribution in [3.63, 3.8) is 0 Å². The van der Waals surface area contributed by atoms with Crippen molar-refractivity contribution in [3.8, 4) is 16.9 Å². The Kier molecular flexibility index (Phi) is 2.87. The fraction of sp³-hybridized carbons (Fsp3) is 0.0667. The quantitative estimate of drug-likeness (QED) is 0.696. The Balaban J connectivity index is 2.32. The van der Waals surface area contributed by atoms with Gasteiger partial charge in [-0.25, -0.2) is 9.97 Å². The summed E-state index contributed by atoms with van der Waals surface area (Å²) >= 11 is 0. The van der Waals surface area contributed by atoms with Gasteiger partial charge in [0.25, 0.3) is 0 Å². The minimum Gasteiger partial charge on any atom is -0.494 e. The van der Waals surface area contributed by atoms with Gasteiger partial charge in [0.2, 0.25) is 0 Å². The van der Waals surface area contributed by atoms with E-state index in [1.807, 2.05) is 36.4 Å². The van der Waals surface area contributed by atoms with Crippen molar-refractivity contribution in [1.82, 2.24) is 9.97 Å². The van der Waals surface area contributed by atoms with Crippen molar-refractivity contribution in [2.24, 2.45) is 0 Å². The molecule has 0 radical (unpaired) electrons. The van der Waals surface area contributed by atoms with Crippen LogP contribution in [0.2, 0.25) is 0 Å². The molecule has 0 amide bonds. The molecule has 0 aliphatic rings. The number of hydrogen-bond donors (Lipinski definition) is 2. The molecule has 0 saturated heterocycles. The Hall–Kier alpha value is -2.82. The molecule has 2 aromatic carbocycles. The standard InChI is InChI=1S/C15H14N4O/c1-20-12-6-5-11(9-3-2-4-10(16)7-9)14-15(12)19-13(17)8-18-14/h2-8H,16H2,1H3,(H2,17,19). The van der Waals surface area contributed by atoms with Crippen LogP contribution < -0.4 is 16.2 Å². The molecule has 3 rings (SSSR count). The second-order valence-electron chi connectivity index (χ2n) is 4.43. The zero-order chi connectivity index (χ0) is 14.1. The van der Waals surface area contributed by atoms with Gasteiger partial charge >= 0.3 is 0 Å². The number of rotatable bonds is 2. The Morgan fingerprint density at radius 2 is 1.90 bits per heavy atom. The first-order valence-electron chi connectivity index (χ1n) is 6.14. The van der Waals surface area contributed by atoms with Gasteiger partial charge in [-0.3, -0.25) is 0 Å². The zero-order valence-corrected chi connectivity index (χ0v) is 11.0. The molecule has 100 valence electrons. The van der Waals surface area contributed by atoms with E-state index in [4.69, 9.17) is 16.2 Å². The molecule has 4 N–H and O–H groups in total. The number of nitrogen functional groups attached to an aromatic ring is 2. The van der Waals surface area contributed by atoms with E-state index in [-0.39, 0.29) is 0 Å². The number of fused-ring (bicyclic) bond motifs is 1. The predicted molar refractivity (Wildman–Crippen MR) is 80.4 cm³/mol. The van der Waals surface area contributed by atoms with Crippen molar-refractivity contribution in [2.45, 2.75) is 0 Å². The molecule has 0 aliphatic heterocycles. The largest absolute Gasteiger partial charge is 0.494 e. The van der Waals surface area contributed by atoms with E-state index in [2.05, 4.69) is 9.97 Å². The molecule has 20 heavy (non-hydrogen) atoms. The lowest BCUT2D eigenvalue weighted by Crippen LogP contribution is -1.97. The van der Waals surface area contributed by atoms with Gasteiger partial charge < -0.3 is 16.2 Å². The number of ether oxygens (including phenoxy) is 1. The molecule has 1 heterocycles. The summed E-state index contributed by atoms with van der Waals surface area (Å²) in [5, 5.41) is 0. The average Bonchev–Trinajstić information content (AvgIpc) is 2.46. The molecule has 0 saturated carbocycles. The summed E-state index contributed by atoms with van der Waals surface area (Å²) in [6.07, 6.45) is 1.54. The van der Waals surface area contributed by atoms with Gasteiger partial charge in [-0.05, 0) is 29.8 Å². The maximum absolute atomic E-state index is 5.84. The van der Waals surface area contributed by atoms with Gasteiger partial charge in [0.1, 0.15) is 22.6 Å². The highest BCUT2D eigenvalue weighted by atomic mass is 16.5. The molecular formula is C15H14N4O. The van der Waals surface area contributed by atoms with Crippen LogP contribution in [0.25, 0.3) is 22.2 Å². The van der Waals surface area contributed by atoms with Crippen LogP contribution in [-0.4, -0.2) is 17.1 Å². The minimum atomic E-state index is 0.362. The van der Waals surface area contributed by atoms with Crippen LogP contribution in [0.3, 0.4) is 0 Å². The van der Waals surface area contributed by atoms with Crippen molar-refractivity contribution in [2.75, 3.05) is 18.6 Å². The van der Waals surface area contributed by atoms with E-state index in [0.717, 1.165) is 16.6 Å².